The van der Waals surface area contributed by atoms with Gasteiger partial charge in [-0.15, -0.1) is 0 Å². The van der Waals surface area contributed by atoms with Crippen molar-refractivity contribution in [3.8, 4) is 11.3 Å². The molecule has 0 aliphatic carbocycles. The first-order valence-corrected chi connectivity index (χ1v) is 8.74. The van der Waals surface area contributed by atoms with Crippen molar-refractivity contribution in [3.05, 3.63) is 71.3 Å². The summed E-state index contributed by atoms with van der Waals surface area (Å²) in [6.45, 7) is 2.60. The van der Waals surface area contributed by atoms with Crippen molar-refractivity contribution in [2.45, 2.75) is 19.4 Å². The maximum atomic E-state index is 12.8. The summed E-state index contributed by atoms with van der Waals surface area (Å²) < 4.78 is 7.44. The van der Waals surface area contributed by atoms with Gasteiger partial charge in [0.1, 0.15) is 5.82 Å². The van der Waals surface area contributed by atoms with Gasteiger partial charge in [-0.1, -0.05) is 48.5 Å². The minimum atomic E-state index is -0.586. The van der Waals surface area contributed by atoms with Crippen LogP contribution in [0.1, 0.15) is 22.8 Å². The number of hydrogen-bond donors (Lipinski definition) is 1. The number of rotatable bonds is 3. The molecule has 1 amide bonds. The fourth-order valence-corrected chi connectivity index (χ4v) is 3.38. The summed E-state index contributed by atoms with van der Waals surface area (Å²) in [5.41, 5.74) is 5.16. The van der Waals surface area contributed by atoms with Crippen molar-refractivity contribution in [2.24, 2.45) is 7.05 Å². The predicted molar refractivity (Wildman–Crippen MR) is 101 cm³/mol. The van der Waals surface area contributed by atoms with Gasteiger partial charge in [0.05, 0.1) is 12.3 Å². The maximum absolute atomic E-state index is 12.8. The van der Waals surface area contributed by atoms with E-state index in [1.807, 2.05) is 49.5 Å². The second-order valence-corrected chi connectivity index (χ2v) is 6.54. The number of amides is 1. The first kappa shape index (κ1) is 16.5. The Hall–Kier alpha value is -2.92. The van der Waals surface area contributed by atoms with Crippen LogP contribution in [0.3, 0.4) is 0 Å². The minimum Gasteiger partial charge on any atom is -0.363 e. The van der Waals surface area contributed by atoms with E-state index in [1.165, 1.54) is 5.56 Å². The van der Waals surface area contributed by atoms with Crippen LogP contribution >= 0.6 is 0 Å². The van der Waals surface area contributed by atoms with Crippen molar-refractivity contribution < 1.29 is 9.53 Å². The molecule has 1 atom stereocenters. The molecule has 2 heterocycles. The fraction of sp³-hybridized carbons (Fsp3) is 0.238. The minimum absolute atomic E-state index is 0.170. The van der Waals surface area contributed by atoms with Gasteiger partial charge in [0, 0.05) is 18.7 Å². The second kappa shape index (κ2) is 6.77. The number of anilines is 1. The smallest absolute Gasteiger partial charge is 0.259 e. The normalized spacial score (nSPS) is 16.2. The van der Waals surface area contributed by atoms with Gasteiger partial charge >= 0.3 is 0 Å². The van der Waals surface area contributed by atoms with Crippen molar-refractivity contribution in [1.82, 2.24) is 9.78 Å². The van der Waals surface area contributed by atoms with Gasteiger partial charge in [-0.3, -0.25) is 9.48 Å². The van der Waals surface area contributed by atoms with E-state index in [1.54, 1.807) is 4.68 Å². The predicted octanol–water partition coefficient (Wildman–Crippen LogP) is 3.65. The van der Waals surface area contributed by atoms with Gasteiger partial charge in [-0.2, -0.15) is 5.10 Å². The molecule has 0 spiro atoms. The zero-order valence-corrected chi connectivity index (χ0v) is 14.9. The Bertz CT molecular complexity index is 961. The molecular formula is C21H21N3O2. The van der Waals surface area contributed by atoms with Gasteiger partial charge in [0.15, 0.2) is 6.10 Å². The molecule has 0 radical (unpaired) electrons. The van der Waals surface area contributed by atoms with Crippen LogP contribution in [0, 0.1) is 6.92 Å². The van der Waals surface area contributed by atoms with Gasteiger partial charge in [0.25, 0.3) is 5.91 Å². The summed E-state index contributed by atoms with van der Waals surface area (Å²) in [6.07, 6.45) is 0.250. The van der Waals surface area contributed by atoms with Crippen LogP contribution in [-0.2, 0) is 23.0 Å². The third-order valence-electron chi connectivity index (χ3n) is 4.78. The molecule has 2 aromatic carbocycles. The molecule has 5 heteroatoms. The number of aromatic nitrogens is 2. The molecule has 1 N–H and O–H groups in total. The largest absolute Gasteiger partial charge is 0.363 e. The van der Waals surface area contributed by atoms with Crippen LogP contribution in [-0.4, -0.2) is 22.3 Å². The zero-order chi connectivity index (χ0) is 18.1. The molecule has 0 fully saturated rings. The van der Waals surface area contributed by atoms with Crippen molar-refractivity contribution in [2.75, 3.05) is 11.9 Å². The topological polar surface area (TPSA) is 56.1 Å². The lowest BCUT2D eigenvalue weighted by atomic mass is 9.97. The SMILES string of the molecule is Cc1ccccc1-c1cc(NC(=O)C2OCCc3ccccc32)n(C)n1. The summed E-state index contributed by atoms with van der Waals surface area (Å²) >= 11 is 0. The standard InChI is InChI=1S/C21H21N3O2/c1-14-7-3-5-9-16(14)18-13-19(24(2)23-18)22-21(25)20-17-10-6-4-8-15(17)11-12-26-20/h3-10,13,20H,11-12H2,1-2H3,(H,22,25). The number of nitrogens with zero attached hydrogens (tertiary/aromatic N) is 2. The second-order valence-electron chi connectivity index (χ2n) is 6.54. The van der Waals surface area contributed by atoms with Crippen LogP contribution in [0.5, 0.6) is 0 Å². The highest BCUT2D eigenvalue weighted by atomic mass is 16.5. The molecule has 0 saturated carbocycles. The Kier molecular flexibility index (Phi) is 4.31. The summed E-state index contributed by atoms with van der Waals surface area (Å²) in [5, 5.41) is 7.51. The van der Waals surface area contributed by atoms with E-state index < -0.39 is 6.10 Å². The van der Waals surface area contributed by atoms with E-state index in [4.69, 9.17) is 4.74 Å². The Morgan fingerprint density at radius 3 is 2.81 bits per heavy atom. The van der Waals surface area contributed by atoms with Crippen LogP contribution in [0.15, 0.2) is 54.6 Å². The van der Waals surface area contributed by atoms with E-state index in [9.17, 15) is 4.79 Å². The highest BCUT2D eigenvalue weighted by Crippen LogP contribution is 2.29. The molecule has 3 aromatic rings. The molecule has 4 rings (SSSR count). The molecule has 26 heavy (non-hydrogen) atoms. The van der Waals surface area contributed by atoms with Crippen molar-refractivity contribution in [1.29, 1.82) is 0 Å². The number of benzene rings is 2. The molecule has 132 valence electrons. The van der Waals surface area contributed by atoms with Crippen molar-refractivity contribution >= 4 is 11.7 Å². The number of ether oxygens (including phenoxy) is 1. The summed E-state index contributed by atoms with van der Waals surface area (Å²) in [6, 6.07) is 17.9. The molecule has 1 unspecified atom stereocenters. The Morgan fingerprint density at radius 2 is 1.96 bits per heavy atom. The van der Waals surface area contributed by atoms with E-state index in [0.717, 1.165) is 28.8 Å². The van der Waals surface area contributed by atoms with E-state index >= 15 is 0 Å². The maximum Gasteiger partial charge on any atom is 0.259 e. The Morgan fingerprint density at radius 1 is 1.19 bits per heavy atom. The monoisotopic (exact) mass is 347 g/mol. The molecule has 1 aromatic heterocycles. The number of aryl methyl sites for hydroxylation is 2. The summed E-state index contributed by atoms with van der Waals surface area (Å²) in [4.78, 5) is 12.8. The zero-order valence-electron chi connectivity index (χ0n) is 14.9. The molecule has 1 aliphatic heterocycles. The average molecular weight is 347 g/mol. The number of nitrogens with one attached hydrogen (secondary N) is 1. The summed E-state index contributed by atoms with van der Waals surface area (Å²) in [7, 11) is 1.83. The van der Waals surface area contributed by atoms with E-state index in [0.29, 0.717) is 12.4 Å². The van der Waals surface area contributed by atoms with E-state index in [2.05, 4.69) is 29.5 Å². The quantitative estimate of drug-likeness (QED) is 0.787. The Labute approximate surface area is 152 Å². The number of hydrogen-bond acceptors (Lipinski definition) is 3. The lowest BCUT2D eigenvalue weighted by molar-refractivity contribution is -0.128. The lowest BCUT2D eigenvalue weighted by Gasteiger charge is -2.25. The molecule has 0 bridgehead atoms. The van der Waals surface area contributed by atoms with Gasteiger partial charge < -0.3 is 10.1 Å². The first-order valence-electron chi connectivity index (χ1n) is 8.74. The molecule has 0 saturated heterocycles. The van der Waals surface area contributed by atoms with Crippen LogP contribution in [0.4, 0.5) is 5.82 Å². The third-order valence-corrected chi connectivity index (χ3v) is 4.78. The molecular weight excluding hydrogens is 326 g/mol. The van der Waals surface area contributed by atoms with Crippen LogP contribution in [0.25, 0.3) is 11.3 Å². The van der Waals surface area contributed by atoms with Crippen LogP contribution in [0.2, 0.25) is 0 Å². The lowest BCUT2D eigenvalue weighted by Crippen LogP contribution is -2.28. The fourth-order valence-electron chi connectivity index (χ4n) is 3.38. The highest BCUT2D eigenvalue weighted by Gasteiger charge is 2.28. The summed E-state index contributed by atoms with van der Waals surface area (Å²) in [5.74, 6) is 0.483. The van der Waals surface area contributed by atoms with Crippen LogP contribution < -0.4 is 5.32 Å². The number of carbonyl (C=O) groups excluding carboxylic acids is 1. The van der Waals surface area contributed by atoms with Gasteiger partial charge in [0.2, 0.25) is 0 Å². The van der Waals surface area contributed by atoms with Gasteiger partial charge in [-0.25, -0.2) is 0 Å². The number of fused-ring (bicyclic) bond motifs is 1. The Balaban J connectivity index is 1.59. The van der Waals surface area contributed by atoms with Gasteiger partial charge in [-0.05, 0) is 30.0 Å². The van der Waals surface area contributed by atoms with E-state index in [-0.39, 0.29) is 5.91 Å². The highest BCUT2D eigenvalue weighted by molar-refractivity contribution is 5.95. The first-order chi connectivity index (χ1) is 12.6. The average Bonchev–Trinajstić information content (AvgIpc) is 3.01. The molecule has 5 nitrogen and oxygen atoms in total. The van der Waals surface area contributed by atoms with Crippen molar-refractivity contribution in [3.63, 3.8) is 0 Å². The third kappa shape index (κ3) is 3.02. The molecule has 1 aliphatic rings. The number of carbonyl (C=O) groups is 1.